The molecule has 0 saturated heterocycles. The topological polar surface area (TPSA) is 77.8 Å². The zero-order valence-electron chi connectivity index (χ0n) is 11.1. The Kier molecular flexibility index (Phi) is 4.04. The molecule has 0 atom stereocenters. The number of nitrogens with zero attached hydrogens (tertiary/aromatic N) is 2. The smallest absolute Gasteiger partial charge is 0.308 e. The molecule has 0 fully saturated rings. The number of nitriles is 1. The van der Waals surface area contributed by atoms with Crippen LogP contribution in [0.3, 0.4) is 0 Å². The quantitative estimate of drug-likeness (QED) is 0.691. The van der Waals surface area contributed by atoms with Gasteiger partial charge in [0.05, 0.1) is 21.8 Å². The van der Waals surface area contributed by atoms with Crippen LogP contribution in [-0.4, -0.2) is 11.0 Å². The van der Waals surface area contributed by atoms with Crippen LogP contribution in [0.5, 0.6) is 0 Å². The number of urea groups is 1. The standard InChI is InChI=1S/C15H9BrN4OS/c16-10-2-4-11(5-3-10)18-14(21)20-15-19-12-6-1-9(8-17)7-13(12)22-15/h1-7H,(H2,18,19,20,21). The molecule has 0 radical (unpaired) electrons. The highest BCUT2D eigenvalue weighted by Crippen LogP contribution is 2.26. The average molecular weight is 373 g/mol. The van der Waals surface area contributed by atoms with E-state index in [0.717, 1.165) is 14.7 Å². The normalized spacial score (nSPS) is 10.2. The van der Waals surface area contributed by atoms with Crippen molar-refractivity contribution >= 4 is 54.3 Å². The number of carbonyl (C=O) groups is 1. The minimum Gasteiger partial charge on any atom is -0.308 e. The molecule has 0 spiro atoms. The summed E-state index contributed by atoms with van der Waals surface area (Å²) in [6.07, 6.45) is 0. The predicted octanol–water partition coefficient (Wildman–Crippen LogP) is 4.57. The van der Waals surface area contributed by atoms with Crippen molar-refractivity contribution in [2.24, 2.45) is 0 Å². The van der Waals surface area contributed by atoms with Gasteiger partial charge in [-0.2, -0.15) is 5.26 Å². The van der Waals surface area contributed by atoms with E-state index in [1.807, 2.05) is 12.1 Å². The number of nitrogens with one attached hydrogen (secondary N) is 2. The first-order chi connectivity index (χ1) is 10.6. The number of benzene rings is 2. The monoisotopic (exact) mass is 372 g/mol. The molecule has 3 aromatic rings. The molecule has 0 saturated carbocycles. The van der Waals surface area contributed by atoms with Crippen molar-refractivity contribution in [3.63, 3.8) is 0 Å². The van der Waals surface area contributed by atoms with E-state index in [1.165, 1.54) is 11.3 Å². The second-order valence-corrected chi connectivity index (χ2v) is 6.35. The van der Waals surface area contributed by atoms with E-state index in [4.69, 9.17) is 5.26 Å². The Bertz CT molecular complexity index is 883. The Hall–Kier alpha value is -2.43. The number of amides is 2. The molecular weight excluding hydrogens is 364 g/mol. The van der Waals surface area contributed by atoms with E-state index in [1.54, 1.807) is 30.3 Å². The lowest BCUT2D eigenvalue weighted by molar-refractivity contribution is 0.262. The van der Waals surface area contributed by atoms with Gasteiger partial charge in [-0.15, -0.1) is 0 Å². The molecule has 0 bridgehead atoms. The largest absolute Gasteiger partial charge is 0.325 e. The third kappa shape index (κ3) is 3.24. The van der Waals surface area contributed by atoms with Crippen LogP contribution < -0.4 is 10.6 Å². The molecule has 108 valence electrons. The van der Waals surface area contributed by atoms with Crippen molar-refractivity contribution < 1.29 is 4.79 Å². The van der Waals surface area contributed by atoms with Crippen molar-refractivity contribution in [2.75, 3.05) is 10.6 Å². The van der Waals surface area contributed by atoms with Crippen molar-refractivity contribution in [3.8, 4) is 6.07 Å². The Morgan fingerprint density at radius 1 is 1.18 bits per heavy atom. The van der Waals surface area contributed by atoms with Crippen LogP contribution in [0.15, 0.2) is 46.9 Å². The van der Waals surface area contributed by atoms with E-state index < -0.39 is 0 Å². The molecule has 2 amide bonds. The number of aromatic nitrogens is 1. The highest BCUT2D eigenvalue weighted by Gasteiger charge is 2.08. The van der Waals surface area contributed by atoms with Gasteiger partial charge in [0.1, 0.15) is 0 Å². The molecular formula is C15H9BrN4OS. The van der Waals surface area contributed by atoms with E-state index >= 15 is 0 Å². The molecule has 5 nitrogen and oxygen atoms in total. The molecule has 0 aliphatic rings. The summed E-state index contributed by atoms with van der Waals surface area (Å²) in [6, 6.07) is 14.2. The Labute approximate surface area is 138 Å². The van der Waals surface area contributed by atoms with Gasteiger partial charge < -0.3 is 5.32 Å². The van der Waals surface area contributed by atoms with E-state index in [-0.39, 0.29) is 6.03 Å². The first-order valence-corrected chi connectivity index (χ1v) is 7.89. The lowest BCUT2D eigenvalue weighted by atomic mass is 10.2. The number of hydrogen-bond acceptors (Lipinski definition) is 4. The number of hydrogen-bond donors (Lipinski definition) is 2. The summed E-state index contributed by atoms with van der Waals surface area (Å²) >= 11 is 4.66. The molecule has 0 unspecified atom stereocenters. The average Bonchev–Trinajstić information content (AvgIpc) is 2.90. The highest BCUT2D eigenvalue weighted by molar-refractivity contribution is 9.10. The van der Waals surface area contributed by atoms with Crippen LogP contribution in [0.2, 0.25) is 0 Å². The molecule has 3 rings (SSSR count). The van der Waals surface area contributed by atoms with Gasteiger partial charge in [-0.1, -0.05) is 27.3 Å². The van der Waals surface area contributed by atoms with Crippen LogP contribution in [0.4, 0.5) is 15.6 Å². The minimum absolute atomic E-state index is 0.359. The van der Waals surface area contributed by atoms with Gasteiger partial charge >= 0.3 is 6.03 Å². The van der Waals surface area contributed by atoms with Crippen molar-refractivity contribution in [2.45, 2.75) is 0 Å². The maximum absolute atomic E-state index is 11.9. The molecule has 2 aromatic carbocycles. The van der Waals surface area contributed by atoms with Gasteiger partial charge in [0.15, 0.2) is 5.13 Å². The molecule has 7 heteroatoms. The van der Waals surface area contributed by atoms with E-state index in [2.05, 4.69) is 37.6 Å². The van der Waals surface area contributed by atoms with Gasteiger partial charge in [0.2, 0.25) is 0 Å². The lowest BCUT2D eigenvalue weighted by Gasteiger charge is -2.04. The maximum atomic E-state index is 11.9. The fraction of sp³-hybridized carbons (Fsp3) is 0. The number of rotatable bonds is 2. The Morgan fingerprint density at radius 3 is 2.68 bits per heavy atom. The molecule has 0 aliphatic heterocycles. The second-order valence-electron chi connectivity index (χ2n) is 4.40. The van der Waals surface area contributed by atoms with Crippen LogP contribution in [-0.2, 0) is 0 Å². The fourth-order valence-electron chi connectivity index (χ4n) is 1.84. The number of halogens is 1. The number of anilines is 2. The summed E-state index contributed by atoms with van der Waals surface area (Å²) in [4.78, 5) is 16.3. The first kappa shape index (κ1) is 14.5. The van der Waals surface area contributed by atoms with Crippen LogP contribution in [0, 0.1) is 11.3 Å². The zero-order valence-corrected chi connectivity index (χ0v) is 13.5. The molecule has 1 aromatic heterocycles. The number of fused-ring (bicyclic) bond motifs is 1. The lowest BCUT2D eigenvalue weighted by Crippen LogP contribution is -2.19. The fourth-order valence-corrected chi connectivity index (χ4v) is 3.00. The van der Waals surface area contributed by atoms with Crippen molar-refractivity contribution in [3.05, 3.63) is 52.5 Å². The third-order valence-corrected chi connectivity index (χ3v) is 4.30. The second kappa shape index (κ2) is 6.13. The first-order valence-electron chi connectivity index (χ1n) is 6.28. The van der Waals surface area contributed by atoms with E-state index in [9.17, 15) is 4.79 Å². The minimum atomic E-state index is -0.359. The SMILES string of the molecule is N#Cc1ccc2nc(NC(=O)Nc3ccc(Br)cc3)sc2c1. The summed E-state index contributed by atoms with van der Waals surface area (Å²) in [6.45, 7) is 0. The number of thiazole rings is 1. The molecule has 2 N–H and O–H groups in total. The summed E-state index contributed by atoms with van der Waals surface area (Å²) in [7, 11) is 0. The Morgan fingerprint density at radius 2 is 1.95 bits per heavy atom. The van der Waals surface area contributed by atoms with Crippen molar-refractivity contribution in [1.29, 1.82) is 5.26 Å². The van der Waals surface area contributed by atoms with Gasteiger partial charge in [0.25, 0.3) is 0 Å². The summed E-state index contributed by atoms with van der Waals surface area (Å²) in [5, 5.41) is 14.8. The molecule has 0 aliphatic carbocycles. The van der Waals surface area contributed by atoms with Crippen LogP contribution in [0.1, 0.15) is 5.56 Å². The summed E-state index contributed by atoms with van der Waals surface area (Å²) in [5.41, 5.74) is 2.01. The highest BCUT2D eigenvalue weighted by atomic mass is 79.9. The van der Waals surface area contributed by atoms with Crippen LogP contribution in [0.25, 0.3) is 10.2 Å². The molecule has 22 heavy (non-hydrogen) atoms. The summed E-state index contributed by atoms with van der Waals surface area (Å²) < 4.78 is 1.80. The van der Waals surface area contributed by atoms with Gasteiger partial charge in [-0.3, -0.25) is 5.32 Å². The van der Waals surface area contributed by atoms with Gasteiger partial charge in [0, 0.05) is 10.2 Å². The van der Waals surface area contributed by atoms with E-state index in [0.29, 0.717) is 16.4 Å². The van der Waals surface area contributed by atoms with Gasteiger partial charge in [-0.05, 0) is 42.5 Å². The Balaban J connectivity index is 1.73. The number of carbonyl (C=O) groups excluding carboxylic acids is 1. The van der Waals surface area contributed by atoms with Crippen molar-refractivity contribution in [1.82, 2.24) is 4.98 Å². The predicted molar refractivity (Wildman–Crippen MR) is 91.1 cm³/mol. The zero-order chi connectivity index (χ0) is 15.5. The third-order valence-electron chi connectivity index (χ3n) is 2.84. The van der Waals surface area contributed by atoms with Gasteiger partial charge in [-0.25, -0.2) is 9.78 Å². The summed E-state index contributed by atoms with van der Waals surface area (Å²) in [5.74, 6) is 0. The molecule has 1 heterocycles. The maximum Gasteiger partial charge on any atom is 0.325 e. The van der Waals surface area contributed by atoms with Crippen LogP contribution >= 0.6 is 27.3 Å².